The van der Waals surface area contributed by atoms with Gasteiger partial charge < -0.3 is 10.0 Å². The van der Waals surface area contributed by atoms with Crippen LogP contribution in [0.1, 0.15) is 42.7 Å². The van der Waals surface area contributed by atoms with Gasteiger partial charge in [-0.05, 0) is 42.2 Å². The van der Waals surface area contributed by atoms with Gasteiger partial charge in [-0.3, -0.25) is 0 Å². The molecule has 0 heterocycles. The lowest BCUT2D eigenvalue weighted by atomic mass is 9.92. The molecule has 2 saturated carbocycles. The number of nitrogens with zero attached hydrogens (tertiary/aromatic N) is 1. The van der Waals surface area contributed by atoms with Gasteiger partial charge in [0.05, 0.1) is 0 Å². The number of rotatable bonds is 4. The molecule has 1 amide bonds. The van der Waals surface area contributed by atoms with Gasteiger partial charge in [-0.15, -0.1) is 0 Å². The van der Waals surface area contributed by atoms with Crippen molar-refractivity contribution in [1.82, 2.24) is 4.90 Å². The highest BCUT2D eigenvalue weighted by Crippen LogP contribution is 2.62. The molecule has 3 nitrogen and oxygen atoms in total. The summed E-state index contributed by atoms with van der Waals surface area (Å²) < 4.78 is 0. The molecule has 0 aliphatic heterocycles. The number of carboxylic acid groups (broad SMARTS) is 1. The van der Waals surface area contributed by atoms with Crippen molar-refractivity contribution in [1.29, 1.82) is 0 Å². The second-order valence-corrected chi connectivity index (χ2v) is 7.39. The van der Waals surface area contributed by atoms with Gasteiger partial charge in [0.1, 0.15) is 0 Å². The molecule has 1 N–H and O–H groups in total. The van der Waals surface area contributed by atoms with E-state index in [2.05, 4.69) is 24.3 Å². The zero-order chi connectivity index (χ0) is 16.6. The molecule has 2 aliphatic rings. The Morgan fingerprint density at radius 3 is 2.21 bits per heavy atom. The van der Waals surface area contributed by atoms with E-state index in [0.29, 0.717) is 17.9 Å². The standard InChI is InChI=1S/C21H23NO2/c23-20(24)22(15-16-7-3-1-4-8-16)19-14-21(11-12-21)13-18(19)17-9-5-2-6-10-17/h1-10,18-19H,11-15H2,(H,23,24). The van der Waals surface area contributed by atoms with Crippen molar-refractivity contribution in [2.24, 2.45) is 5.41 Å². The summed E-state index contributed by atoms with van der Waals surface area (Å²) in [5, 5.41) is 9.88. The fraction of sp³-hybridized carbons (Fsp3) is 0.381. The van der Waals surface area contributed by atoms with Crippen LogP contribution in [-0.2, 0) is 6.54 Å². The first-order chi connectivity index (χ1) is 11.7. The molecule has 2 fully saturated rings. The van der Waals surface area contributed by atoms with E-state index < -0.39 is 6.09 Å². The molecule has 2 aromatic carbocycles. The average Bonchev–Trinajstić information content (AvgIpc) is 3.25. The predicted molar refractivity (Wildman–Crippen MR) is 93.9 cm³/mol. The third-order valence-electron chi connectivity index (χ3n) is 5.79. The lowest BCUT2D eigenvalue weighted by molar-refractivity contribution is 0.115. The molecular weight excluding hydrogens is 298 g/mol. The zero-order valence-corrected chi connectivity index (χ0v) is 13.8. The molecule has 24 heavy (non-hydrogen) atoms. The van der Waals surface area contributed by atoms with Crippen LogP contribution in [0.5, 0.6) is 0 Å². The molecule has 0 saturated heterocycles. The topological polar surface area (TPSA) is 40.5 Å². The Bertz CT molecular complexity index is 709. The third kappa shape index (κ3) is 2.91. The first kappa shape index (κ1) is 15.3. The number of amides is 1. The van der Waals surface area contributed by atoms with Crippen molar-refractivity contribution in [3.63, 3.8) is 0 Å². The minimum Gasteiger partial charge on any atom is -0.465 e. The van der Waals surface area contributed by atoms with Gasteiger partial charge in [0.2, 0.25) is 0 Å². The van der Waals surface area contributed by atoms with E-state index in [1.807, 2.05) is 36.4 Å². The summed E-state index contributed by atoms with van der Waals surface area (Å²) in [4.78, 5) is 13.7. The Kier molecular flexibility index (Phi) is 3.79. The molecule has 0 bridgehead atoms. The second kappa shape index (κ2) is 5.97. The van der Waals surface area contributed by atoms with E-state index >= 15 is 0 Å². The van der Waals surface area contributed by atoms with Crippen LogP contribution in [0.3, 0.4) is 0 Å². The number of hydrogen-bond acceptors (Lipinski definition) is 1. The average molecular weight is 321 g/mol. The number of benzene rings is 2. The normalized spacial score (nSPS) is 24.0. The van der Waals surface area contributed by atoms with Crippen LogP contribution in [-0.4, -0.2) is 22.1 Å². The Morgan fingerprint density at radius 1 is 1.00 bits per heavy atom. The zero-order valence-electron chi connectivity index (χ0n) is 13.8. The molecule has 0 aromatic heterocycles. The largest absolute Gasteiger partial charge is 0.465 e. The van der Waals surface area contributed by atoms with Crippen LogP contribution in [0.15, 0.2) is 60.7 Å². The molecule has 2 atom stereocenters. The van der Waals surface area contributed by atoms with Crippen LogP contribution in [0.25, 0.3) is 0 Å². The minimum atomic E-state index is -0.803. The van der Waals surface area contributed by atoms with Crippen LogP contribution in [0.4, 0.5) is 4.79 Å². The van der Waals surface area contributed by atoms with Crippen LogP contribution in [0.2, 0.25) is 0 Å². The molecule has 3 heteroatoms. The summed E-state index contributed by atoms with van der Waals surface area (Å²) >= 11 is 0. The number of carbonyl (C=O) groups is 1. The predicted octanol–water partition coefficient (Wildman–Crippen LogP) is 4.89. The first-order valence-corrected chi connectivity index (χ1v) is 8.75. The van der Waals surface area contributed by atoms with E-state index in [0.717, 1.165) is 18.4 Å². The summed E-state index contributed by atoms with van der Waals surface area (Å²) in [5.41, 5.74) is 2.74. The SMILES string of the molecule is O=C(O)N(Cc1ccccc1)C1CC2(CC2)CC1c1ccccc1. The fourth-order valence-corrected chi connectivity index (χ4v) is 4.33. The Labute approximate surface area is 142 Å². The van der Waals surface area contributed by atoms with Crippen molar-refractivity contribution < 1.29 is 9.90 Å². The molecule has 2 unspecified atom stereocenters. The van der Waals surface area contributed by atoms with E-state index in [1.54, 1.807) is 4.90 Å². The van der Waals surface area contributed by atoms with Crippen LogP contribution in [0, 0.1) is 5.41 Å². The highest BCUT2D eigenvalue weighted by atomic mass is 16.4. The summed E-state index contributed by atoms with van der Waals surface area (Å²) in [5.74, 6) is 0.313. The van der Waals surface area contributed by atoms with E-state index in [4.69, 9.17) is 0 Å². The molecule has 2 aromatic rings. The molecular formula is C21H23NO2. The summed E-state index contributed by atoms with van der Waals surface area (Å²) in [6, 6.07) is 20.5. The lowest BCUT2D eigenvalue weighted by Gasteiger charge is -2.31. The molecule has 2 aliphatic carbocycles. The van der Waals surface area contributed by atoms with E-state index in [9.17, 15) is 9.90 Å². The van der Waals surface area contributed by atoms with Gasteiger partial charge in [-0.1, -0.05) is 60.7 Å². The summed E-state index contributed by atoms with van der Waals surface area (Å²) in [6.07, 6.45) is 3.84. The third-order valence-corrected chi connectivity index (χ3v) is 5.79. The van der Waals surface area contributed by atoms with Crippen molar-refractivity contribution in [2.75, 3.05) is 0 Å². The maximum absolute atomic E-state index is 12.0. The minimum absolute atomic E-state index is 0.0765. The Hall–Kier alpha value is -2.29. The van der Waals surface area contributed by atoms with Crippen LogP contribution < -0.4 is 0 Å². The quantitative estimate of drug-likeness (QED) is 0.870. The highest BCUT2D eigenvalue weighted by Gasteiger charge is 2.55. The highest BCUT2D eigenvalue weighted by molar-refractivity contribution is 5.66. The summed E-state index contributed by atoms with van der Waals surface area (Å²) in [7, 11) is 0. The smallest absolute Gasteiger partial charge is 0.407 e. The van der Waals surface area contributed by atoms with Gasteiger partial charge in [-0.2, -0.15) is 0 Å². The summed E-state index contributed by atoms with van der Waals surface area (Å²) in [6.45, 7) is 0.472. The van der Waals surface area contributed by atoms with Gasteiger partial charge in [-0.25, -0.2) is 4.79 Å². The van der Waals surface area contributed by atoms with Gasteiger partial charge in [0.25, 0.3) is 0 Å². The molecule has 124 valence electrons. The van der Waals surface area contributed by atoms with Crippen molar-refractivity contribution in [3.05, 3.63) is 71.8 Å². The molecule has 4 rings (SSSR count). The number of hydrogen-bond donors (Lipinski definition) is 1. The molecule has 0 radical (unpaired) electrons. The second-order valence-electron chi connectivity index (χ2n) is 7.39. The maximum atomic E-state index is 12.0. The monoisotopic (exact) mass is 321 g/mol. The van der Waals surface area contributed by atoms with Gasteiger partial charge >= 0.3 is 6.09 Å². The molecule has 1 spiro atoms. The van der Waals surface area contributed by atoms with Crippen molar-refractivity contribution >= 4 is 6.09 Å². The lowest BCUT2D eigenvalue weighted by Crippen LogP contribution is -2.40. The Morgan fingerprint density at radius 2 is 1.62 bits per heavy atom. The van der Waals surface area contributed by atoms with E-state index in [1.165, 1.54) is 18.4 Å². The Balaban J connectivity index is 1.63. The van der Waals surface area contributed by atoms with E-state index in [-0.39, 0.29) is 6.04 Å². The maximum Gasteiger partial charge on any atom is 0.407 e. The fourth-order valence-electron chi connectivity index (χ4n) is 4.33. The van der Waals surface area contributed by atoms with Crippen LogP contribution >= 0.6 is 0 Å². The van der Waals surface area contributed by atoms with Gasteiger partial charge in [0.15, 0.2) is 0 Å². The first-order valence-electron chi connectivity index (χ1n) is 8.75. The van der Waals surface area contributed by atoms with Crippen molar-refractivity contribution in [2.45, 2.75) is 44.2 Å². The van der Waals surface area contributed by atoms with Crippen molar-refractivity contribution in [3.8, 4) is 0 Å². The van der Waals surface area contributed by atoms with Gasteiger partial charge in [0, 0.05) is 18.5 Å².